The molecule has 1 aromatic carbocycles. The smallest absolute Gasteiger partial charge is 0.270 e. The van der Waals surface area contributed by atoms with Crippen molar-refractivity contribution in [2.24, 2.45) is 0 Å². The van der Waals surface area contributed by atoms with Gasteiger partial charge in [-0.05, 0) is 19.4 Å². The van der Waals surface area contributed by atoms with Crippen molar-refractivity contribution in [3.63, 3.8) is 0 Å². The molecule has 128 valence electrons. The number of unbranched alkanes of at least 4 members (excludes halogenated alkanes) is 2. The fourth-order valence-corrected chi connectivity index (χ4v) is 2.27. The number of nitrogens with one attached hydrogen (secondary N) is 2. The summed E-state index contributed by atoms with van der Waals surface area (Å²) < 4.78 is 13.6. The Labute approximate surface area is 141 Å². The molecule has 1 heterocycles. The van der Waals surface area contributed by atoms with Gasteiger partial charge in [0.05, 0.1) is 0 Å². The van der Waals surface area contributed by atoms with Crippen LogP contribution in [0.4, 0.5) is 10.2 Å². The predicted octanol–water partition coefficient (Wildman–Crippen LogP) is 3.46. The molecular formula is C18H23FN4O. The Balaban J connectivity index is 2.00. The molecule has 0 spiro atoms. The van der Waals surface area contributed by atoms with E-state index in [1.165, 1.54) is 6.07 Å². The number of halogens is 1. The van der Waals surface area contributed by atoms with E-state index >= 15 is 0 Å². The topological polar surface area (TPSA) is 66.9 Å². The molecule has 0 saturated heterocycles. The van der Waals surface area contributed by atoms with Crippen LogP contribution in [0.2, 0.25) is 0 Å². The van der Waals surface area contributed by atoms with Crippen LogP contribution < -0.4 is 10.6 Å². The third-order valence-electron chi connectivity index (χ3n) is 3.55. The summed E-state index contributed by atoms with van der Waals surface area (Å²) in [6.07, 6.45) is 3.13. The SMILES string of the molecule is CCCCCNC(=O)c1cc(NCc2ccccc2F)nc(C)n1. The maximum Gasteiger partial charge on any atom is 0.270 e. The number of amides is 1. The van der Waals surface area contributed by atoms with E-state index in [2.05, 4.69) is 27.5 Å². The maximum atomic E-state index is 13.6. The maximum absolute atomic E-state index is 13.6. The fraction of sp³-hybridized carbons (Fsp3) is 0.389. The Bertz CT molecular complexity index is 690. The number of nitrogens with zero attached hydrogens (tertiary/aromatic N) is 2. The van der Waals surface area contributed by atoms with Crippen molar-refractivity contribution in [3.8, 4) is 0 Å². The van der Waals surface area contributed by atoms with Crippen LogP contribution in [0.25, 0.3) is 0 Å². The second-order valence-corrected chi connectivity index (χ2v) is 5.59. The molecule has 0 aliphatic carbocycles. The van der Waals surface area contributed by atoms with E-state index in [-0.39, 0.29) is 11.7 Å². The van der Waals surface area contributed by atoms with Gasteiger partial charge in [0.15, 0.2) is 0 Å². The van der Waals surface area contributed by atoms with Crippen molar-refractivity contribution >= 4 is 11.7 Å². The van der Waals surface area contributed by atoms with Crippen LogP contribution in [-0.4, -0.2) is 22.4 Å². The lowest BCUT2D eigenvalue weighted by atomic mass is 10.2. The van der Waals surface area contributed by atoms with E-state index in [1.54, 1.807) is 31.2 Å². The van der Waals surface area contributed by atoms with Gasteiger partial charge in [0, 0.05) is 24.7 Å². The van der Waals surface area contributed by atoms with Gasteiger partial charge in [-0.25, -0.2) is 14.4 Å². The number of aromatic nitrogens is 2. The van der Waals surface area contributed by atoms with Crippen molar-refractivity contribution in [1.29, 1.82) is 0 Å². The largest absolute Gasteiger partial charge is 0.366 e. The summed E-state index contributed by atoms with van der Waals surface area (Å²) in [4.78, 5) is 20.6. The van der Waals surface area contributed by atoms with E-state index in [0.29, 0.717) is 36.0 Å². The highest BCUT2D eigenvalue weighted by atomic mass is 19.1. The number of carbonyl (C=O) groups excluding carboxylic acids is 1. The Morgan fingerprint density at radius 3 is 2.75 bits per heavy atom. The zero-order valence-electron chi connectivity index (χ0n) is 14.1. The van der Waals surface area contributed by atoms with Crippen LogP contribution in [0.15, 0.2) is 30.3 Å². The Morgan fingerprint density at radius 2 is 2.00 bits per heavy atom. The molecule has 5 nitrogen and oxygen atoms in total. The van der Waals surface area contributed by atoms with Gasteiger partial charge in [0.2, 0.25) is 0 Å². The second kappa shape index (κ2) is 8.96. The highest BCUT2D eigenvalue weighted by Gasteiger charge is 2.10. The third kappa shape index (κ3) is 5.30. The average Bonchev–Trinajstić information content (AvgIpc) is 2.57. The minimum absolute atomic E-state index is 0.217. The molecule has 0 atom stereocenters. The molecule has 6 heteroatoms. The van der Waals surface area contributed by atoms with Crippen molar-refractivity contribution < 1.29 is 9.18 Å². The molecule has 0 aliphatic rings. The summed E-state index contributed by atoms with van der Waals surface area (Å²) in [6.45, 7) is 4.76. The van der Waals surface area contributed by atoms with Gasteiger partial charge in [0.25, 0.3) is 5.91 Å². The molecule has 0 bridgehead atoms. The molecule has 1 aromatic heterocycles. The van der Waals surface area contributed by atoms with Crippen molar-refractivity contribution in [2.45, 2.75) is 39.7 Å². The predicted molar refractivity (Wildman–Crippen MR) is 92.4 cm³/mol. The highest BCUT2D eigenvalue weighted by molar-refractivity contribution is 5.92. The quantitative estimate of drug-likeness (QED) is 0.728. The van der Waals surface area contributed by atoms with E-state index in [1.807, 2.05) is 0 Å². The number of hydrogen-bond acceptors (Lipinski definition) is 4. The number of aryl methyl sites for hydroxylation is 1. The van der Waals surface area contributed by atoms with Crippen LogP contribution in [0.5, 0.6) is 0 Å². The Hall–Kier alpha value is -2.50. The van der Waals surface area contributed by atoms with E-state index in [4.69, 9.17) is 0 Å². The minimum Gasteiger partial charge on any atom is -0.366 e. The van der Waals surface area contributed by atoms with Gasteiger partial charge < -0.3 is 10.6 Å². The molecule has 2 rings (SSSR count). The van der Waals surface area contributed by atoms with Gasteiger partial charge in [0.1, 0.15) is 23.2 Å². The molecule has 2 aromatic rings. The monoisotopic (exact) mass is 330 g/mol. The summed E-state index contributed by atoms with van der Waals surface area (Å²) in [5.41, 5.74) is 0.856. The lowest BCUT2D eigenvalue weighted by Crippen LogP contribution is -2.26. The van der Waals surface area contributed by atoms with Gasteiger partial charge >= 0.3 is 0 Å². The van der Waals surface area contributed by atoms with E-state index in [9.17, 15) is 9.18 Å². The van der Waals surface area contributed by atoms with Crippen LogP contribution >= 0.6 is 0 Å². The van der Waals surface area contributed by atoms with E-state index in [0.717, 1.165) is 19.3 Å². The normalized spacial score (nSPS) is 10.5. The number of benzene rings is 1. The molecule has 0 fully saturated rings. The number of carbonyl (C=O) groups is 1. The minimum atomic E-state index is -0.273. The highest BCUT2D eigenvalue weighted by Crippen LogP contribution is 2.11. The van der Waals surface area contributed by atoms with Crippen molar-refractivity contribution in [2.75, 3.05) is 11.9 Å². The average molecular weight is 330 g/mol. The summed E-state index contributed by atoms with van der Waals surface area (Å²) in [7, 11) is 0. The van der Waals surface area contributed by atoms with Crippen LogP contribution in [0.3, 0.4) is 0 Å². The van der Waals surface area contributed by atoms with Crippen LogP contribution in [-0.2, 0) is 6.54 Å². The molecular weight excluding hydrogens is 307 g/mol. The summed E-state index contributed by atoms with van der Waals surface area (Å²) >= 11 is 0. The van der Waals surface area contributed by atoms with Gasteiger partial charge in [-0.2, -0.15) is 0 Å². The van der Waals surface area contributed by atoms with E-state index < -0.39 is 0 Å². The summed E-state index contributed by atoms with van der Waals surface area (Å²) in [5, 5.41) is 5.90. The number of anilines is 1. The number of rotatable bonds is 8. The lowest BCUT2D eigenvalue weighted by Gasteiger charge is -2.09. The third-order valence-corrected chi connectivity index (χ3v) is 3.55. The molecule has 1 amide bonds. The van der Waals surface area contributed by atoms with Crippen molar-refractivity contribution in [3.05, 3.63) is 53.2 Å². The lowest BCUT2D eigenvalue weighted by molar-refractivity contribution is 0.0947. The molecule has 24 heavy (non-hydrogen) atoms. The first-order chi connectivity index (χ1) is 11.6. The molecule has 0 saturated carbocycles. The number of hydrogen-bond donors (Lipinski definition) is 2. The summed E-state index contributed by atoms with van der Waals surface area (Å²) in [5.74, 6) is 0.506. The first-order valence-corrected chi connectivity index (χ1v) is 8.21. The standard InChI is InChI=1S/C18H23FN4O/c1-3-4-7-10-20-18(24)16-11-17(23-13(2)22-16)21-12-14-8-5-6-9-15(14)19/h5-6,8-9,11H,3-4,7,10,12H2,1-2H3,(H,20,24)(H,21,22,23). The Kier molecular flexibility index (Phi) is 6.66. The Morgan fingerprint density at radius 1 is 1.21 bits per heavy atom. The molecule has 2 N–H and O–H groups in total. The zero-order valence-corrected chi connectivity index (χ0v) is 14.1. The first-order valence-electron chi connectivity index (χ1n) is 8.21. The fourth-order valence-electron chi connectivity index (χ4n) is 2.27. The molecule has 0 aliphatic heterocycles. The molecule has 0 unspecified atom stereocenters. The van der Waals surface area contributed by atoms with Gasteiger partial charge in [-0.3, -0.25) is 4.79 Å². The van der Waals surface area contributed by atoms with Crippen molar-refractivity contribution in [1.82, 2.24) is 15.3 Å². The second-order valence-electron chi connectivity index (χ2n) is 5.59. The van der Waals surface area contributed by atoms with Gasteiger partial charge in [-0.15, -0.1) is 0 Å². The summed E-state index contributed by atoms with van der Waals surface area (Å²) in [6, 6.07) is 8.13. The van der Waals surface area contributed by atoms with Crippen LogP contribution in [0, 0.1) is 12.7 Å². The van der Waals surface area contributed by atoms with Gasteiger partial charge in [-0.1, -0.05) is 38.0 Å². The first kappa shape index (κ1) is 17.8. The molecule has 0 radical (unpaired) electrons. The zero-order chi connectivity index (χ0) is 17.4. The van der Waals surface area contributed by atoms with Crippen LogP contribution in [0.1, 0.15) is 48.1 Å².